The summed E-state index contributed by atoms with van der Waals surface area (Å²) in [5.41, 5.74) is 3.85. The molecule has 0 aromatic heterocycles. The molecule has 2 aromatic carbocycles. The van der Waals surface area contributed by atoms with Gasteiger partial charge in [0, 0.05) is 37.4 Å². The molecule has 1 amide bonds. The van der Waals surface area contributed by atoms with Gasteiger partial charge < -0.3 is 14.4 Å². The molecule has 1 saturated carbocycles. The Morgan fingerprint density at radius 3 is 2.36 bits per heavy atom. The Kier molecular flexibility index (Phi) is 4.75. The van der Waals surface area contributed by atoms with E-state index in [1.54, 1.807) is 12.0 Å². The van der Waals surface area contributed by atoms with Gasteiger partial charge in [-0.05, 0) is 31.7 Å². The van der Waals surface area contributed by atoms with Crippen LogP contribution in [-0.2, 0) is 0 Å². The summed E-state index contributed by atoms with van der Waals surface area (Å²) >= 11 is 0. The molecule has 1 fully saturated rings. The van der Waals surface area contributed by atoms with E-state index in [1.807, 2.05) is 55.4 Å². The number of amides is 1. The predicted molar refractivity (Wildman–Crippen MR) is 112 cm³/mol. The van der Waals surface area contributed by atoms with E-state index in [-0.39, 0.29) is 12.0 Å². The molecular formula is C23H26N2O3. The van der Waals surface area contributed by atoms with Gasteiger partial charge in [-0.1, -0.05) is 24.8 Å². The van der Waals surface area contributed by atoms with Gasteiger partial charge in [0.25, 0.3) is 5.91 Å². The molecule has 0 bridgehead atoms. The Morgan fingerprint density at radius 1 is 1.07 bits per heavy atom. The van der Waals surface area contributed by atoms with Crippen molar-refractivity contribution in [3.05, 3.63) is 54.1 Å². The second kappa shape index (κ2) is 7.23. The van der Waals surface area contributed by atoms with Crippen molar-refractivity contribution < 1.29 is 14.3 Å². The third kappa shape index (κ3) is 3.01. The lowest BCUT2D eigenvalue weighted by Crippen LogP contribution is -2.25. The maximum absolute atomic E-state index is 13.2. The number of ether oxygens (including phenoxy) is 2. The van der Waals surface area contributed by atoms with Crippen molar-refractivity contribution in [2.45, 2.75) is 31.8 Å². The van der Waals surface area contributed by atoms with Crippen molar-refractivity contribution in [1.82, 2.24) is 0 Å². The van der Waals surface area contributed by atoms with Gasteiger partial charge in [0.05, 0.1) is 30.3 Å². The van der Waals surface area contributed by atoms with Crippen molar-refractivity contribution in [3.8, 4) is 11.5 Å². The molecule has 146 valence electrons. The van der Waals surface area contributed by atoms with E-state index in [4.69, 9.17) is 9.47 Å². The minimum atomic E-state index is -0.0688. The second-order valence-corrected chi connectivity index (χ2v) is 7.54. The molecule has 28 heavy (non-hydrogen) atoms. The van der Waals surface area contributed by atoms with E-state index in [0.29, 0.717) is 22.8 Å². The molecule has 0 spiro atoms. The van der Waals surface area contributed by atoms with Gasteiger partial charge in [-0.3, -0.25) is 9.69 Å². The van der Waals surface area contributed by atoms with E-state index in [2.05, 4.69) is 6.58 Å². The van der Waals surface area contributed by atoms with Crippen LogP contribution in [0.1, 0.15) is 41.6 Å². The van der Waals surface area contributed by atoms with Crippen molar-refractivity contribution in [3.63, 3.8) is 0 Å². The number of carbonyl (C=O) groups is 1. The summed E-state index contributed by atoms with van der Waals surface area (Å²) in [6, 6.07) is 11.4. The van der Waals surface area contributed by atoms with Gasteiger partial charge in [-0.25, -0.2) is 0 Å². The third-order valence-electron chi connectivity index (χ3n) is 5.52. The first kappa shape index (κ1) is 18.4. The molecular weight excluding hydrogens is 352 g/mol. The molecule has 0 radical (unpaired) electrons. The predicted octanol–water partition coefficient (Wildman–Crippen LogP) is 4.71. The Morgan fingerprint density at radius 2 is 1.75 bits per heavy atom. The highest BCUT2D eigenvalue weighted by Gasteiger charge is 2.34. The lowest BCUT2D eigenvalue weighted by molar-refractivity contribution is 0.101. The van der Waals surface area contributed by atoms with E-state index < -0.39 is 0 Å². The molecule has 0 saturated heterocycles. The number of fused-ring (bicyclic) bond motifs is 1. The Balaban J connectivity index is 1.81. The zero-order valence-electron chi connectivity index (χ0n) is 16.7. The van der Waals surface area contributed by atoms with Gasteiger partial charge in [0.2, 0.25) is 0 Å². The topological polar surface area (TPSA) is 42.0 Å². The van der Waals surface area contributed by atoms with E-state index in [0.717, 1.165) is 29.8 Å². The summed E-state index contributed by atoms with van der Waals surface area (Å²) in [6.07, 6.45) is 4.67. The smallest absolute Gasteiger partial charge is 0.263 e. The first-order chi connectivity index (χ1) is 13.5. The lowest BCUT2D eigenvalue weighted by atomic mass is 10.1. The standard InChI is InChI=1S/C23H26N2O3/c1-15-17-11-7-8-12-18(17)23(26)25(15)20-14-22(28-16-9-5-6-10-16)21(27-4)13-19(20)24(2)3/h7-8,11-14,16H,1,5-6,9-10H2,2-4H3. The summed E-state index contributed by atoms with van der Waals surface area (Å²) in [7, 11) is 5.55. The van der Waals surface area contributed by atoms with Crippen molar-refractivity contribution in [2.75, 3.05) is 31.0 Å². The SMILES string of the molecule is C=C1c2ccccc2C(=O)N1c1cc(OC2CCCC2)c(OC)cc1N(C)C. The monoisotopic (exact) mass is 378 g/mol. The highest BCUT2D eigenvalue weighted by Crippen LogP contribution is 2.45. The van der Waals surface area contributed by atoms with Crippen LogP contribution < -0.4 is 19.3 Å². The zero-order chi connectivity index (χ0) is 19.8. The zero-order valence-corrected chi connectivity index (χ0v) is 16.7. The van der Waals surface area contributed by atoms with Crippen LogP contribution >= 0.6 is 0 Å². The molecule has 0 N–H and O–H groups in total. The number of nitrogens with zero attached hydrogens (tertiary/aromatic N) is 2. The fourth-order valence-corrected chi connectivity index (χ4v) is 4.05. The fourth-order valence-electron chi connectivity index (χ4n) is 4.05. The van der Waals surface area contributed by atoms with E-state index in [1.165, 1.54) is 12.8 Å². The molecule has 2 aliphatic rings. The van der Waals surface area contributed by atoms with Gasteiger partial charge in [0.15, 0.2) is 11.5 Å². The van der Waals surface area contributed by atoms with Crippen molar-refractivity contribution >= 4 is 23.0 Å². The molecule has 1 aliphatic carbocycles. The van der Waals surface area contributed by atoms with Crippen LogP contribution in [0, 0.1) is 0 Å². The normalized spacial score (nSPS) is 16.5. The van der Waals surface area contributed by atoms with Gasteiger partial charge >= 0.3 is 0 Å². The summed E-state index contributed by atoms with van der Waals surface area (Å²) in [4.78, 5) is 16.8. The largest absolute Gasteiger partial charge is 0.493 e. The molecule has 0 atom stereocenters. The van der Waals surface area contributed by atoms with Crippen molar-refractivity contribution in [1.29, 1.82) is 0 Å². The highest BCUT2D eigenvalue weighted by molar-refractivity contribution is 6.23. The second-order valence-electron chi connectivity index (χ2n) is 7.54. The first-order valence-corrected chi connectivity index (χ1v) is 9.70. The van der Waals surface area contributed by atoms with Crippen molar-refractivity contribution in [2.24, 2.45) is 0 Å². The number of carbonyl (C=O) groups excluding carboxylic acids is 1. The summed E-state index contributed by atoms with van der Waals surface area (Å²) < 4.78 is 11.9. The third-order valence-corrected chi connectivity index (χ3v) is 5.52. The van der Waals surface area contributed by atoms with Crippen LogP contribution in [0.4, 0.5) is 11.4 Å². The summed E-state index contributed by atoms with van der Waals surface area (Å²) in [6.45, 7) is 4.19. The number of hydrogen-bond acceptors (Lipinski definition) is 4. The number of rotatable bonds is 5. The van der Waals surface area contributed by atoms with Crippen LogP contribution in [0.2, 0.25) is 0 Å². The average molecular weight is 378 g/mol. The maximum Gasteiger partial charge on any atom is 0.263 e. The average Bonchev–Trinajstić information content (AvgIpc) is 3.29. The van der Waals surface area contributed by atoms with Crippen LogP contribution in [0.15, 0.2) is 43.0 Å². The van der Waals surface area contributed by atoms with Crippen LogP contribution in [0.5, 0.6) is 11.5 Å². The molecule has 1 aliphatic heterocycles. The van der Waals surface area contributed by atoms with Gasteiger partial charge in [-0.15, -0.1) is 0 Å². The quantitative estimate of drug-likeness (QED) is 0.755. The van der Waals surface area contributed by atoms with Gasteiger partial charge in [0.1, 0.15) is 0 Å². The molecule has 2 aromatic rings. The Labute approximate surface area is 166 Å². The summed E-state index contributed by atoms with van der Waals surface area (Å²) in [5, 5.41) is 0. The molecule has 5 heteroatoms. The minimum absolute atomic E-state index is 0.0688. The summed E-state index contributed by atoms with van der Waals surface area (Å²) in [5.74, 6) is 1.28. The molecule has 1 heterocycles. The Bertz CT molecular complexity index is 894. The van der Waals surface area contributed by atoms with Crippen LogP contribution in [0.25, 0.3) is 5.70 Å². The van der Waals surface area contributed by atoms with Gasteiger partial charge in [-0.2, -0.15) is 0 Å². The number of benzene rings is 2. The molecule has 0 unspecified atom stereocenters. The first-order valence-electron chi connectivity index (χ1n) is 9.70. The fraction of sp³-hybridized carbons (Fsp3) is 0.348. The molecule has 5 nitrogen and oxygen atoms in total. The van der Waals surface area contributed by atoms with Crippen LogP contribution in [-0.4, -0.2) is 33.2 Å². The highest BCUT2D eigenvalue weighted by atomic mass is 16.5. The van der Waals surface area contributed by atoms with Crippen LogP contribution in [0.3, 0.4) is 0 Å². The van der Waals surface area contributed by atoms with E-state index >= 15 is 0 Å². The maximum atomic E-state index is 13.2. The number of methoxy groups -OCH3 is 1. The Hall–Kier alpha value is -2.95. The number of hydrogen-bond donors (Lipinski definition) is 0. The van der Waals surface area contributed by atoms with E-state index in [9.17, 15) is 4.79 Å². The lowest BCUT2D eigenvalue weighted by Gasteiger charge is -2.27. The molecule has 4 rings (SSSR count). The number of anilines is 2. The minimum Gasteiger partial charge on any atom is -0.493 e.